The molecule has 24 heavy (non-hydrogen) atoms. The topological polar surface area (TPSA) is 73.5 Å². The number of halogens is 3. The van der Waals surface area contributed by atoms with Crippen molar-refractivity contribution in [2.75, 3.05) is 19.4 Å². The molecule has 132 valence electrons. The van der Waals surface area contributed by atoms with Crippen molar-refractivity contribution in [1.29, 1.82) is 0 Å². The monoisotopic (exact) mass is 410 g/mol. The molecule has 0 heterocycles. The highest BCUT2D eigenvalue weighted by Gasteiger charge is 2.35. The van der Waals surface area contributed by atoms with Crippen molar-refractivity contribution < 1.29 is 9.59 Å². The van der Waals surface area contributed by atoms with Gasteiger partial charge < -0.3 is 20.9 Å². The van der Waals surface area contributed by atoms with E-state index in [4.69, 9.17) is 47.0 Å². The van der Waals surface area contributed by atoms with Crippen LogP contribution in [0.4, 0.5) is 10.5 Å². The molecule has 0 aromatic heterocycles. The van der Waals surface area contributed by atoms with Crippen LogP contribution >= 0.6 is 47.0 Å². The van der Waals surface area contributed by atoms with E-state index in [-0.39, 0.29) is 10.9 Å². The summed E-state index contributed by atoms with van der Waals surface area (Å²) in [6.45, 7) is 1.48. The molecule has 0 aliphatic rings. The normalized spacial score (nSPS) is 12.1. The number of amides is 2. The van der Waals surface area contributed by atoms with Crippen LogP contribution in [0, 0.1) is 0 Å². The number of Topliss-reactive ketones (excluding diaryl/α,β-unsaturated/α-hetero) is 1. The van der Waals surface area contributed by atoms with Crippen molar-refractivity contribution >= 4 is 69.6 Å². The molecule has 1 unspecified atom stereocenters. The Morgan fingerprint density at radius 1 is 1.12 bits per heavy atom. The van der Waals surface area contributed by atoms with E-state index in [0.717, 1.165) is 0 Å². The van der Waals surface area contributed by atoms with Gasteiger partial charge in [0.25, 0.3) is 0 Å². The van der Waals surface area contributed by atoms with Crippen LogP contribution in [0.25, 0.3) is 0 Å². The largest absolute Gasteiger partial charge is 0.339 e. The zero-order valence-electron chi connectivity index (χ0n) is 13.2. The number of hydrogen-bond acceptors (Lipinski definition) is 3. The van der Waals surface area contributed by atoms with E-state index >= 15 is 0 Å². The lowest BCUT2D eigenvalue weighted by molar-refractivity contribution is 0.101. The van der Waals surface area contributed by atoms with Gasteiger partial charge in [0.1, 0.15) is 0 Å². The average Bonchev–Trinajstić information content (AvgIpc) is 2.45. The molecule has 0 spiro atoms. The predicted molar refractivity (Wildman–Crippen MR) is 102 cm³/mol. The summed E-state index contributed by atoms with van der Waals surface area (Å²) < 4.78 is -1.82. The maximum absolute atomic E-state index is 11.7. The standard InChI is InChI=1S/C14H17Cl3N4O2S/c1-8(22)9-4-6-10(7-5-9)18-12(24)19-11(14(15,16)17)20-13(23)21(2)3/h4-7,11H,1-3H3,(H,20,23)(H2,18,19,24). The van der Waals surface area contributed by atoms with Crippen LogP contribution < -0.4 is 16.0 Å². The SMILES string of the molecule is CC(=O)c1ccc(NC(=S)NC(NC(=O)N(C)C)C(Cl)(Cl)Cl)cc1. The third kappa shape index (κ3) is 6.68. The summed E-state index contributed by atoms with van der Waals surface area (Å²) in [6.07, 6.45) is -1.05. The third-order valence-corrected chi connectivity index (χ3v) is 3.70. The first kappa shape index (κ1) is 20.8. The summed E-state index contributed by atoms with van der Waals surface area (Å²) in [5, 5.41) is 8.25. The third-order valence-electron chi connectivity index (χ3n) is 2.83. The lowest BCUT2D eigenvalue weighted by atomic mass is 10.1. The van der Waals surface area contributed by atoms with E-state index in [1.165, 1.54) is 11.8 Å². The quantitative estimate of drug-likeness (QED) is 0.307. The Labute approximate surface area is 160 Å². The number of carbonyl (C=O) groups excluding carboxylic acids is 2. The van der Waals surface area contributed by atoms with Crippen LogP contribution in [0.15, 0.2) is 24.3 Å². The minimum absolute atomic E-state index is 0.0371. The van der Waals surface area contributed by atoms with Gasteiger partial charge in [-0.2, -0.15) is 0 Å². The summed E-state index contributed by atoms with van der Waals surface area (Å²) in [4.78, 5) is 24.3. The molecule has 0 bridgehead atoms. The number of carbonyl (C=O) groups is 2. The Hall–Kier alpha value is -1.28. The number of nitrogens with one attached hydrogen (secondary N) is 3. The zero-order chi connectivity index (χ0) is 18.5. The number of thiocarbonyl (C=S) groups is 1. The molecular weight excluding hydrogens is 395 g/mol. The van der Waals surface area contributed by atoms with Crippen LogP contribution in [0.1, 0.15) is 17.3 Å². The molecule has 3 N–H and O–H groups in total. The number of ketones is 1. The van der Waals surface area contributed by atoms with E-state index in [1.807, 2.05) is 0 Å². The number of benzene rings is 1. The van der Waals surface area contributed by atoms with Gasteiger partial charge in [-0.1, -0.05) is 34.8 Å². The predicted octanol–water partition coefficient (Wildman–Crippen LogP) is 3.14. The van der Waals surface area contributed by atoms with Crippen LogP contribution in [-0.4, -0.2) is 45.9 Å². The van der Waals surface area contributed by atoms with Gasteiger partial charge in [-0.15, -0.1) is 0 Å². The molecule has 1 aromatic carbocycles. The van der Waals surface area contributed by atoms with Crippen molar-refractivity contribution in [2.24, 2.45) is 0 Å². The van der Waals surface area contributed by atoms with Crippen LogP contribution in [0.3, 0.4) is 0 Å². The van der Waals surface area contributed by atoms with E-state index in [9.17, 15) is 9.59 Å². The molecule has 0 radical (unpaired) electrons. The molecule has 2 amide bonds. The first-order chi connectivity index (χ1) is 11.0. The van der Waals surface area contributed by atoms with Gasteiger partial charge in [-0.3, -0.25) is 4.79 Å². The fourth-order valence-electron chi connectivity index (χ4n) is 1.54. The second kappa shape index (κ2) is 8.71. The van der Waals surface area contributed by atoms with Crippen LogP contribution in [0.2, 0.25) is 0 Å². The zero-order valence-corrected chi connectivity index (χ0v) is 16.3. The van der Waals surface area contributed by atoms with Gasteiger partial charge in [0.05, 0.1) is 0 Å². The van der Waals surface area contributed by atoms with E-state index in [0.29, 0.717) is 11.3 Å². The Balaban J connectivity index is 2.74. The van der Waals surface area contributed by atoms with Gasteiger partial charge >= 0.3 is 6.03 Å². The summed E-state index contributed by atoms with van der Waals surface area (Å²) in [6, 6.07) is 6.24. The molecule has 0 fully saturated rings. The van der Waals surface area contributed by atoms with Crippen molar-refractivity contribution in [2.45, 2.75) is 16.9 Å². The summed E-state index contributed by atoms with van der Waals surface area (Å²) in [7, 11) is 3.11. The Bertz CT molecular complexity index is 617. The maximum atomic E-state index is 11.7. The molecule has 1 rings (SSSR count). The molecule has 0 saturated heterocycles. The molecule has 0 aliphatic heterocycles. The molecule has 0 aliphatic carbocycles. The lowest BCUT2D eigenvalue weighted by Gasteiger charge is -2.28. The second-order valence-electron chi connectivity index (χ2n) is 5.05. The number of nitrogens with zero attached hydrogens (tertiary/aromatic N) is 1. The van der Waals surface area contributed by atoms with Crippen molar-refractivity contribution in [3.63, 3.8) is 0 Å². The van der Waals surface area contributed by atoms with Gasteiger partial charge in [-0.05, 0) is 43.4 Å². The first-order valence-electron chi connectivity index (χ1n) is 6.73. The van der Waals surface area contributed by atoms with E-state index in [1.54, 1.807) is 38.4 Å². The van der Waals surface area contributed by atoms with Gasteiger partial charge in [0, 0.05) is 25.3 Å². The first-order valence-corrected chi connectivity index (χ1v) is 8.28. The fraction of sp³-hybridized carbons (Fsp3) is 0.357. The summed E-state index contributed by atoms with van der Waals surface area (Å²) in [5.41, 5.74) is 1.22. The van der Waals surface area contributed by atoms with Crippen molar-refractivity contribution in [3.8, 4) is 0 Å². The number of hydrogen-bond donors (Lipinski definition) is 3. The Morgan fingerprint density at radius 3 is 2.08 bits per heavy atom. The van der Waals surface area contributed by atoms with E-state index in [2.05, 4.69) is 16.0 Å². The Morgan fingerprint density at radius 2 is 1.67 bits per heavy atom. The van der Waals surface area contributed by atoms with Gasteiger partial charge in [-0.25, -0.2) is 4.79 Å². The maximum Gasteiger partial charge on any atom is 0.318 e. The van der Waals surface area contributed by atoms with Crippen LogP contribution in [0.5, 0.6) is 0 Å². The van der Waals surface area contributed by atoms with Crippen molar-refractivity contribution in [3.05, 3.63) is 29.8 Å². The number of anilines is 1. The number of alkyl halides is 3. The number of rotatable bonds is 4. The van der Waals surface area contributed by atoms with Gasteiger partial charge in [0.2, 0.25) is 3.79 Å². The molecular formula is C14H17Cl3N4O2S. The molecule has 1 aromatic rings. The molecule has 0 saturated carbocycles. The fourth-order valence-corrected chi connectivity index (χ4v) is 2.10. The highest BCUT2D eigenvalue weighted by atomic mass is 35.6. The van der Waals surface area contributed by atoms with Crippen LogP contribution in [-0.2, 0) is 0 Å². The number of urea groups is 1. The molecule has 1 atom stereocenters. The van der Waals surface area contributed by atoms with E-state index < -0.39 is 16.0 Å². The molecule has 6 nitrogen and oxygen atoms in total. The highest BCUT2D eigenvalue weighted by molar-refractivity contribution is 7.80. The van der Waals surface area contributed by atoms with Crippen molar-refractivity contribution in [1.82, 2.24) is 15.5 Å². The second-order valence-corrected chi connectivity index (χ2v) is 7.83. The highest BCUT2D eigenvalue weighted by Crippen LogP contribution is 2.29. The average molecular weight is 412 g/mol. The smallest absolute Gasteiger partial charge is 0.318 e. The molecule has 10 heteroatoms. The van der Waals surface area contributed by atoms with Gasteiger partial charge in [0.15, 0.2) is 17.1 Å². The minimum atomic E-state index is -1.82. The summed E-state index contributed by atoms with van der Waals surface area (Å²) in [5.74, 6) is -0.0371. The lowest BCUT2D eigenvalue weighted by Crippen LogP contribution is -2.57. The Kier molecular flexibility index (Phi) is 7.54. The summed E-state index contributed by atoms with van der Waals surface area (Å²) >= 11 is 22.7. The minimum Gasteiger partial charge on any atom is -0.339 e.